The quantitative estimate of drug-likeness (QED) is 0.385. The summed E-state index contributed by atoms with van der Waals surface area (Å²) < 4.78 is 0. The Labute approximate surface area is 98.4 Å². The first kappa shape index (κ1) is 11.2. The van der Waals surface area contributed by atoms with Crippen molar-refractivity contribution in [2.75, 3.05) is 0 Å². The van der Waals surface area contributed by atoms with Gasteiger partial charge in [0.05, 0.1) is 6.04 Å². The van der Waals surface area contributed by atoms with Gasteiger partial charge < -0.3 is 0 Å². The van der Waals surface area contributed by atoms with Crippen molar-refractivity contribution in [2.45, 2.75) is 39.2 Å². The van der Waals surface area contributed by atoms with Gasteiger partial charge in [-0.2, -0.15) is 0 Å². The molecule has 0 bridgehead atoms. The molecule has 2 aliphatic carbocycles. The second-order valence-corrected chi connectivity index (χ2v) is 4.90. The van der Waals surface area contributed by atoms with Crippen molar-refractivity contribution in [1.82, 2.24) is 0 Å². The lowest BCUT2D eigenvalue weighted by Gasteiger charge is -2.01. The van der Waals surface area contributed by atoms with Crippen LogP contribution < -0.4 is 0 Å². The van der Waals surface area contributed by atoms with E-state index < -0.39 is 0 Å². The Bertz CT molecular complexity index is 403. The predicted molar refractivity (Wildman–Crippen MR) is 69.5 cm³/mol. The largest absolute Gasteiger partial charge is 0.289 e. The van der Waals surface area contributed by atoms with Gasteiger partial charge in [-0.1, -0.05) is 30.6 Å². The highest BCUT2D eigenvalue weighted by Gasteiger charge is 2.30. The summed E-state index contributed by atoms with van der Waals surface area (Å²) in [5.74, 6) is 7.28. The fourth-order valence-electron chi connectivity index (χ4n) is 1.91. The van der Waals surface area contributed by atoms with Crippen LogP contribution >= 0.6 is 0 Å². The molecule has 1 heteroatoms. The fraction of sp³-hybridized carbons (Fsp3) is 0.533. The van der Waals surface area contributed by atoms with Gasteiger partial charge in [-0.05, 0) is 44.1 Å². The molecule has 2 unspecified atom stereocenters. The summed E-state index contributed by atoms with van der Waals surface area (Å²) in [6.45, 7) is 8.03. The van der Waals surface area contributed by atoms with E-state index in [0.717, 1.165) is 12.3 Å². The summed E-state index contributed by atoms with van der Waals surface area (Å²) in [5, 5.41) is 0. The lowest BCUT2D eigenvalue weighted by molar-refractivity contribution is 0.641. The maximum atomic E-state index is 4.51. The maximum absolute atomic E-state index is 4.51. The van der Waals surface area contributed by atoms with Crippen LogP contribution in [0.1, 0.15) is 33.1 Å². The fourth-order valence-corrected chi connectivity index (χ4v) is 1.91. The van der Waals surface area contributed by atoms with Gasteiger partial charge in [0, 0.05) is 6.21 Å². The molecule has 0 heterocycles. The summed E-state index contributed by atoms with van der Waals surface area (Å²) in [4.78, 5) is 4.51. The summed E-state index contributed by atoms with van der Waals surface area (Å²) in [7, 11) is 0. The lowest BCUT2D eigenvalue weighted by Crippen LogP contribution is -1.98. The zero-order valence-corrected chi connectivity index (χ0v) is 10.2. The normalized spacial score (nSPS) is 31.4. The Morgan fingerprint density at radius 1 is 1.56 bits per heavy atom. The van der Waals surface area contributed by atoms with E-state index in [1.54, 1.807) is 0 Å². The molecule has 2 saturated carbocycles. The standard InChI is InChI=1S/C15H19N/c1-4-5-6-13-9-14(13)7-11(2)10-16-15-8-12(15)3/h6,10-11,14-15H,3,7-9H2,1-2H3/b13-6+,16-10?/t11?,14-,15?/m1/s1. The van der Waals surface area contributed by atoms with Crippen molar-refractivity contribution in [1.29, 1.82) is 0 Å². The second kappa shape index (κ2) is 4.70. The highest BCUT2D eigenvalue weighted by atomic mass is 14.8. The third-order valence-electron chi connectivity index (χ3n) is 3.19. The topological polar surface area (TPSA) is 12.4 Å². The highest BCUT2D eigenvalue weighted by molar-refractivity contribution is 5.62. The van der Waals surface area contributed by atoms with Gasteiger partial charge in [-0.25, -0.2) is 0 Å². The molecule has 0 radical (unpaired) electrons. The highest BCUT2D eigenvalue weighted by Crippen LogP contribution is 2.42. The van der Waals surface area contributed by atoms with E-state index in [-0.39, 0.29) is 0 Å². The number of hydrogen-bond acceptors (Lipinski definition) is 1. The molecular weight excluding hydrogens is 194 g/mol. The Morgan fingerprint density at radius 2 is 2.31 bits per heavy atom. The average Bonchev–Trinajstić information content (AvgIpc) is 3.13. The van der Waals surface area contributed by atoms with Crippen molar-refractivity contribution in [3.05, 3.63) is 23.8 Å². The summed E-state index contributed by atoms with van der Waals surface area (Å²) in [5.41, 5.74) is 2.80. The molecule has 0 N–H and O–H groups in total. The van der Waals surface area contributed by atoms with Crippen LogP contribution in [0.25, 0.3) is 0 Å². The first-order chi connectivity index (χ1) is 7.70. The third kappa shape index (κ3) is 3.10. The Kier molecular flexibility index (Phi) is 3.29. The summed E-state index contributed by atoms with van der Waals surface area (Å²) in [6, 6.07) is 0.447. The molecule has 0 aromatic rings. The molecule has 0 amide bonds. The molecule has 16 heavy (non-hydrogen) atoms. The van der Waals surface area contributed by atoms with E-state index >= 15 is 0 Å². The Morgan fingerprint density at radius 3 is 2.94 bits per heavy atom. The average molecular weight is 213 g/mol. The van der Waals surface area contributed by atoms with E-state index in [1.165, 1.54) is 24.0 Å². The van der Waals surface area contributed by atoms with Crippen LogP contribution in [-0.2, 0) is 0 Å². The van der Waals surface area contributed by atoms with Gasteiger partial charge >= 0.3 is 0 Å². The molecule has 0 aliphatic heterocycles. The first-order valence-electron chi connectivity index (χ1n) is 6.03. The van der Waals surface area contributed by atoms with Crippen LogP contribution in [0.5, 0.6) is 0 Å². The van der Waals surface area contributed by atoms with Gasteiger partial charge in [-0.3, -0.25) is 4.99 Å². The van der Waals surface area contributed by atoms with Crippen molar-refractivity contribution in [2.24, 2.45) is 16.8 Å². The summed E-state index contributed by atoms with van der Waals surface area (Å²) >= 11 is 0. The van der Waals surface area contributed by atoms with E-state index in [4.69, 9.17) is 0 Å². The van der Waals surface area contributed by atoms with Crippen LogP contribution in [0, 0.1) is 23.7 Å². The molecule has 1 nitrogen and oxygen atoms in total. The SMILES string of the molecule is C=C1CC1N=CC(C)C[C@@H]1C/C1=C\C#CC. The van der Waals surface area contributed by atoms with Gasteiger partial charge in [0.15, 0.2) is 0 Å². The van der Waals surface area contributed by atoms with Crippen molar-refractivity contribution >= 4 is 6.21 Å². The minimum atomic E-state index is 0.447. The van der Waals surface area contributed by atoms with E-state index in [9.17, 15) is 0 Å². The van der Waals surface area contributed by atoms with Crippen molar-refractivity contribution < 1.29 is 0 Å². The van der Waals surface area contributed by atoms with Gasteiger partial charge in [-0.15, -0.1) is 5.92 Å². The molecular formula is C15H19N. The van der Waals surface area contributed by atoms with Gasteiger partial charge in [0.1, 0.15) is 0 Å². The smallest absolute Gasteiger partial charge is 0.0741 e. The zero-order valence-electron chi connectivity index (χ0n) is 10.2. The number of rotatable bonds is 4. The van der Waals surface area contributed by atoms with Crippen LogP contribution in [0.15, 0.2) is 28.8 Å². The molecule has 2 aliphatic rings. The minimum Gasteiger partial charge on any atom is -0.289 e. The number of allylic oxidation sites excluding steroid dienone is 2. The van der Waals surface area contributed by atoms with E-state index in [0.29, 0.717) is 12.0 Å². The molecule has 0 spiro atoms. The van der Waals surface area contributed by atoms with E-state index in [1.807, 2.05) is 6.92 Å². The van der Waals surface area contributed by atoms with Crippen LogP contribution in [0.2, 0.25) is 0 Å². The molecule has 3 atom stereocenters. The van der Waals surface area contributed by atoms with Crippen LogP contribution in [0.3, 0.4) is 0 Å². The molecule has 0 aromatic heterocycles. The number of nitrogens with zero attached hydrogens (tertiary/aromatic N) is 1. The van der Waals surface area contributed by atoms with Crippen LogP contribution in [-0.4, -0.2) is 12.3 Å². The molecule has 84 valence electrons. The second-order valence-electron chi connectivity index (χ2n) is 4.90. The molecule has 0 aromatic carbocycles. The van der Waals surface area contributed by atoms with Crippen LogP contribution in [0.4, 0.5) is 0 Å². The molecule has 2 fully saturated rings. The lowest BCUT2D eigenvalue weighted by atomic mass is 10.1. The Hall–Kier alpha value is -1.29. The van der Waals surface area contributed by atoms with Gasteiger partial charge in [0.2, 0.25) is 0 Å². The first-order valence-corrected chi connectivity index (χ1v) is 6.03. The monoisotopic (exact) mass is 213 g/mol. The molecule has 2 rings (SSSR count). The molecule has 0 saturated heterocycles. The van der Waals surface area contributed by atoms with Crippen molar-refractivity contribution in [3.63, 3.8) is 0 Å². The van der Waals surface area contributed by atoms with E-state index in [2.05, 4.69) is 42.6 Å². The third-order valence-corrected chi connectivity index (χ3v) is 3.19. The predicted octanol–water partition coefficient (Wildman–Crippen LogP) is 3.38. The zero-order chi connectivity index (χ0) is 11.5. The summed E-state index contributed by atoms with van der Waals surface area (Å²) in [6.07, 6.45) is 7.76. The number of aliphatic imine (C=N–C) groups is 1. The van der Waals surface area contributed by atoms with Crippen molar-refractivity contribution in [3.8, 4) is 11.8 Å². The number of hydrogen-bond donors (Lipinski definition) is 0. The minimum absolute atomic E-state index is 0.447. The maximum Gasteiger partial charge on any atom is 0.0741 e. The van der Waals surface area contributed by atoms with Gasteiger partial charge in [0.25, 0.3) is 0 Å². The Balaban J connectivity index is 1.72.